The number of aromatic amines is 1. The van der Waals surface area contributed by atoms with Crippen LogP contribution < -0.4 is 14.8 Å². The molecule has 0 atom stereocenters. The van der Waals surface area contributed by atoms with Gasteiger partial charge < -0.3 is 14.8 Å². The number of anilines is 1. The molecule has 3 aromatic rings. The molecule has 0 aliphatic rings. The molecule has 2 aromatic carbocycles. The van der Waals surface area contributed by atoms with Crippen molar-refractivity contribution in [3.05, 3.63) is 58.4 Å². The molecule has 0 amide bonds. The third-order valence-electron chi connectivity index (χ3n) is 3.42. The molecule has 0 saturated heterocycles. The molecule has 0 aliphatic heterocycles. The highest BCUT2D eigenvalue weighted by Crippen LogP contribution is 2.30. The molecule has 0 fully saturated rings. The fourth-order valence-electron chi connectivity index (χ4n) is 2.15. The zero-order chi connectivity index (χ0) is 17.6. The molecule has 3 rings (SSSR count). The van der Waals surface area contributed by atoms with Crippen molar-refractivity contribution < 1.29 is 13.9 Å². The molecular formula is C16H15ClFN5O2. The van der Waals surface area contributed by atoms with Gasteiger partial charge in [-0.25, -0.2) is 4.39 Å². The van der Waals surface area contributed by atoms with Crippen LogP contribution in [0, 0.1) is 5.82 Å². The fourth-order valence-corrected chi connectivity index (χ4v) is 2.38. The summed E-state index contributed by atoms with van der Waals surface area (Å²) >= 11 is 6.01. The number of nitrogens with zero attached hydrogens (tertiary/aromatic N) is 3. The Bertz CT molecular complexity index is 845. The second kappa shape index (κ2) is 7.80. The van der Waals surface area contributed by atoms with Gasteiger partial charge in [-0.1, -0.05) is 28.8 Å². The largest absolute Gasteiger partial charge is 0.493 e. The first-order valence-electron chi connectivity index (χ1n) is 7.36. The van der Waals surface area contributed by atoms with Crippen molar-refractivity contribution in [3.63, 3.8) is 0 Å². The predicted molar refractivity (Wildman–Crippen MR) is 90.2 cm³/mol. The van der Waals surface area contributed by atoms with Crippen LogP contribution in [-0.4, -0.2) is 27.7 Å². The molecule has 0 spiro atoms. The summed E-state index contributed by atoms with van der Waals surface area (Å²) in [5.41, 5.74) is 1.64. The second-order valence-corrected chi connectivity index (χ2v) is 5.51. The summed E-state index contributed by atoms with van der Waals surface area (Å²) in [6, 6.07) is 9.71. The Morgan fingerprint density at radius 1 is 1.20 bits per heavy atom. The van der Waals surface area contributed by atoms with Crippen LogP contribution in [-0.2, 0) is 13.2 Å². The number of rotatable bonds is 7. The first kappa shape index (κ1) is 17.0. The lowest BCUT2D eigenvalue weighted by atomic mass is 10.2. The number of hydrogen-bond donors (Lipinski definition) is 2. The van der Waals surface area contributed by atoms with Gasteiger partial charge in [-0.15, -0.1) is 5.10 Å². The van der Waals surface area contributed by atoms with Crippen LogP contribution in [0.4, 0.5) is 10.3 Å². The van der Waals surface area contributed by atoms with Gasteiger partial charge in [0.05, 0.1) is 12.1 Å². The first-order valence-corrected chi connectivity index (χ1v) is 7.74. The van der Waals surface area contributed by atoms with Crippen LogP contribution in [0.15, 0.2) is 36.4 Å². The number of ether oxygens (including phenoxy) is 2. The SMILES string of the molecule is COc1cc(CNc2nn[nH]n2)ccc1OCc1ccc(F)cc1Cl. The van der Waals surface area contributed by atoms with Gasteiger partial charge >= 0.3 is 0 Å². The van der Waals surface area contributed by atoms with E-state index >= 15 is 0 Å². The van der Waals surface area contributed by atoms with Crippen LogP contribution in [0.5, 0.6) is 11.5 Å². The summed E-state index contributed by atoms with van der Waals surface area (Å²) in [7, 11) is 1.56. The molecule has 25 heavy (non-hydrogen) atoms. The Kier molecular flexibility index (Phi) is 5.30. The van der Waals surface area contributed by atoms with Crippen molar-refractivity contribution in [2.45, 2.75) is 13.2 Å². The zero-order valence-corrected chi connectivity index (χ0v) is 14.0. The van der Waals surface area contributed by atoms with E-state index in [1.54, 1.807) is 19.2 Å². The second-order valence-electron chi connectivity index (χ2n) is 5.10. The summed E-state index contributed by atoms with van der Waals surface area (Å²) in [5, 5.41) is 16.8. The average molecular weight is 364 g/mol. The van der Waals surface area contributed by atoms with E-state index in [9.17, 15) is 4.39 Å². The number of benzene rings is 2. The molecule has 2 N–H and O–H groups in total. The molecule has 7 nitrogen and oxygen atoms in total. The van der Waals surface area contributed by atoms with Crippen molar-refractivity contribution in [1.29, 1.82) is 0 Å². The van der Waals surface area contributed by atoms with Crippen LogP contribution >= 0.6 is 11.6 Å². The van der Waals surface area contributed by atoms with E-state index in [0.29, 0.717) is 34.6 Å². The lowest BCUT2D eigenvalue weighted by Gasteiger charge is -2.13. The van der Waals surface area contributed by atoms with Gasteiger partial charge in [0.1, 0.15) is 12.4 Å². The lowest BCUT2D eigenvalue weighted by molar-refractivity contribution is 0.284. The number of methoxy groups -OCH3 is 1. The molecule has 1 heterocycles. The number of hydrogen-bond acceptors (Lipinski definition) is 6. The minimum Gasteiger partial charge on any atom is -0.493 e. The molecule has 0 aliphatic carbocycles. The van der Waals surface area contributed by atoms with Crippen molar-refractivity contribution >= 4 is 17.5 Å². The maximum Gasteiger partial charge on any atom is 0.263 e. The standard InChI is InChI=1S/C16H15ClFN5O2/c1-24-15-6-10(8-19-16-20-22-23-21-16)2-5-14(15)25-9-11-3-4-12(18)7-13(11)17/h2-7H,8-9H2,1H3,(H2,19,20,21,22,23). The molecule has 0 radical (unpaired) electrons. The molecule has 0 unspecified atom stereocenters. The van der Waals surface area contributed by atoms with Crippen molar-refractivity contribution in [3.8, 4) is 11.5 Å². The van der Waals surface area contributed by atoms with Gasteiger partial charge in [-0.05, 0) is 35.0 Å². The van der Waals surface area contributed by atoms with Gasteiger partial charge in [-0.3, -0.25) is 0 Å². The Labute approximate surface area is 148 Å². The minimum atomic E-state index is -0.384. The summed E-state index contributed by atoms with van der Waals surface area (Å²) in [6.45, 7) is 0.704. The van der Waals surface area contributed by atoms with E-state index in [-0.39, 0.29) is 12.4 Å². The normalized spacial score (nSPS) is 10.5. The Balaban J connectivity index is 1.66. The third-order valence-corrected chi connectivity index (χ3v) is 3.77. The van der Waals surface area contributed by atoms with Gasteiger partial charge in [0.15, 0.2) is 11.5 Å². The molecule has 0 bridgehead atoms. The maximum absolute atomic E-state index is 13.1. The summed E-state index contributed by atoms with van der Waals surface area (Å²) in [6.07, 6.45) is 0. The average Bonchev–Trinajstić information content (AvgIpc) is 3.13. The Morgan fingerprint density at radius 3 is 2.80 bits per heavy atom. The van der Waals surface area contributed by atoms with Crippen LogP contribution in [0.2, 0.25) is 5.02 Å². The molecular weight excluding hydrogens is 349 g/mol. The number of nitrogens with one attached hydrogen (secondary N) is 2. The highest BCUT2D eigenvalue weighted by Gasteiger charge is 2.09. The van der Waals surface area contributed by atoms with Gasteiger partial charge in [-0.2, -0.15) is 5.21 Å². The Hall–Kier alpha value is -2.87. The minimum absolute atomic E-state index is 0.204. The topological polar surface area (TPSA) is 85.0 Å². The summed E-state index contributed by atoms with van der Waals surface area (Å²) in [5.74, 6) is 1.16. The molecule has 9 heteroatoms. The van der Waals surface area contributed by atoms with E-state index in [1.807, 2.05) is 12.1 Å². The summed E-state index contributed by atoms with van der Waals surface area (Å²) < 4.78 is 24.2. The quantitative estimate of drug-likeness (QED) is 0.670. The van der Waals surface area contributed by atoms with Crippen molar-refractivity contribution in [2.75, 3.05) is 12.4 Å². The first-order chi connectivity index (χ1) is 12.2. The number of tetrazole rings is 1. The summed E-state index contributed by atoms with van der Waals surface area (Å²) in [4.78, 5) is 0. The number of aromatic nitrogens is 4. The highest BCUT2D eigenvalue weighted by atomic mass is 35.5. The third kappa shape index (κ3) is 4.36. The van der Waals surface area contributed by atoms with Crippen molar-refractivity contribution in [1.82, 2.24) is 20.6 Å². The van der Waals surface area contributed by atoms with Gasteiger partial charge in [0.25, 0.3) is 5.95 Å². The van der Waals surface area contributed by atoms with Crippen LogP contribution in [0.25, 0.3) is 0 Å². The maximum atomic E-state index is 13.1. The predicted octanol–water partition coefficient (Wildman–Crippen LogP) is 3.19. The van der Waals surface area contributed by atoms with Crippen LogP contribution in [0.3, 0.4) is 0 Å². The van der Waals surface area contributed by atoms with E-state index in [0.717, 1.165) is 5.56 Å². The van der Waals surface area contributed by atoms with E-state index in [2.05, 4.69) is 25.9 Å². The molecule has 1 aromatic heterocycles. The van der Waals surface area contributed by atoms with E-state index < -0.39 is 0 Å². The number of H-pyrrole nitrogens is 1. The molecule has 0 saturated carbocycles. The van der Waals surface area contributed by atoms with E-state index in [4.69, 9.17) is 21.1 Å². The Morgan fingerprint density at radius 2 is 2.08 bits per heavy atom. The van der Waals surface area contributed by atoms with Crippen LogP contribution in [0.1, 0.15) is 11.1 Å². The van der Waals surface area contributed by atoms with E-state index in [1.165, 1.54) is 12.1 Å². The fraction of sp³-hybridized carbons (Fsp3) is 0.188. The monoisotopic (exact) mass is 363 g/mol. The molecule has 130 valence electrons. The van der Waals surface area contributed by atoms with Gasteiger partial charge in [0.2, 0.25) is 0 Å². The van der Waals surface area contributed by atoms with Crippen molar-refractivity contribution in [2.24, 2.45) is 0 Å². The number of halogens is 2. The lowest BCUT2D eigenvalue weighted by Crippen LogP contribution is -2.03. The zero-order valence-electron chi connectivity index (χ0n) is 13.3. The smallest absolute Gasteiger partial charge is 0.263 e. The highest BCUT2D eigenvalue weighted by molar-refractivity contribution is 6.31. The van der Waals surface area contributed by atoms with Gasteiger partial charge in [0, 0.05) is 12.1 Å².